The third-order valence-corrected chi connectivity index (χ3v) is 5.99. The molecule has 3 aliphatic rings. The lowest BCUT2D eigenvalue weighted by Crippen LogP contribution is -2.50. The smallest absolute Gasteiger partial charge is 0.237 e. The molecule has 0 spiro atoms. The quantitative estimate of drug-likeness (QED) is 0.892. The number of nitrogens with zero attached hydrogens (tertiary/aromatic N) is 2. The van der Waals surface area contributed by atoms with Gasteiger partial charge in [0.25, 0.3) is 0 Å². The Morgan fingerprint density at radius 1 is 1.17 bits per heavy atom. The minimum atomic E-state index is 0.0342. The summed E-state index contributed by atoms with van der Waals surface area (Å²) in [5.41, 5.74) is 0. The first-order valence-corrected chi connectivity index (χ1v) is 9.52. The Morgan fingerprint density at radius 3 is 2.75 bits per heavy atom. The van der Waals surface area contributed by atoms with Crippen molar-refractivity contribution in [2.75, 3.05) is 18.0 Å². The molecular weight excluding hydrogens is 300 g/mol. The zero-order valence-electron chi connectivity index (χ0n) is 14.3. The molecule has 0 aromatic carbocycles. The van der Waals surface area contributed by atoms with E-state index in [2.05, 4.69) is 26.6 Å². The number of hydrogen-bond donors (Lipinski definition) is 2. The molecule has 1 saturated carbocycles. The summed E-state index contributed by atoms with van der Waals surface area (Å²) in [6.07, 6.45) is 10.1. The lowest BCUT2D eigenvalue weighted by molar-refractivity contribution is -0.123. The third-order valence-electron chi connectivity index (χ3n) is 5.99. The van der Waals surface area contributed by atoms with Crippen LogP contribution in [0.5, 0.6) is 0 Å². The predicted octanol–water partition coefficient (Wildman–Crippen LogP) is 2.09. The molecule has 4 rings (SSSR count). The zero-order valence-corrected chi connectivity index (χ0v) is 14.3. The number of fused-ring (bicyclic) bond motifs is 1. The van der Waals surface area contributed by atoms with Crippen molar-refractivity contribution >= 4 is 11.7 Å². The Balaban J connectivity index is 1.26. The van der Waals surface area contributed by atoms with Crippen LogP contribution in [-0.4, -0.2) is 42.1 Å². The first-order chi connectivity index (χ1) is 11.8. The van der Waals surface area contributed by atoms with E-state index >= 15 is 0 Å². The molecule has 130 valence electrons. The predicted molar refractivity (Wildman–Crippen MR) is 94.9 cm³/mol. The van der Waals surface area contributed by atoms with Crippen LogP contribution in [0.25, 0.3) is 0 Å². The Hall–Kier alpha value is -1.62. The lowest BCUT2D eigenvalue weighted by Gasteiger charge is -2.33. The molecule has 3 fully saturated rings. The fourth-order valence-electron chi connectivity index (χ4n) is 4.62. The van der Waals surface area contributed by atoms with E-state index in [4.69, 9.17) is 0 Å². The molecule has 24 heavy (non-hydrogen) atoms. The fourth-order valence-corrected chi connectivity index (χ4v) is 4.62. The van der Waals surface area contributed by atoms with Gasteiger partial charge in [0.15, 0.2) is 0 Å². The van der Waals surface area contributed by atoms with Gasteiger partial charge in [-0.2, -0.15) is 0 Å². The van der Waals surface area contributed by atoms with Crippen LogP contribution in [0.15, 0.2) is 24.4 Å². The average molecular weight is 328 g/mol. The van der Waals surface area contributed by atoms with Crippen LogP contribution in [-0.2, 0) is 4.79 Å². The van der Waals surface area contributed by atoms with Crippen LogP contribution in [0, 0.1) is 5.92 Å². The number of anilines is 1. The van der Waals surface area contributed by atoms with Crippen molar-refractivity contribution in [2.45, 2.75) is 63.1 Å². The van der Waals surface area contributed by atoms with Gasteiger partial charge in [0.1, 0.15) is 5.82 Å². The molecule has 1 amide bonds. The van der Waals surface area contributed by atoms with E-state index in [-0.39, 0.29) is 11.9 Å². The minimum Gasteiger partial charge on any atom is -0.356 e. The van der Waals surface area contributed by atoms with E-state index in [1.807, 2.05) is 18.3 Å². The number of piperidine rings is 1. The SMILES string of the molecule is O=C(NC1CCN(c2ccccn2)CC1)C1CC2CCCCC2N1. The molecule has 0 radical (unpaired) electrons. The van der Waals surface area contributed by atoms with Crippen LogP contribution >= 0.6 is 0 Å². The summed E-state index contributed by atoms with van der Waals surface area (Å²) in [6.45, 7) is 1.93. The van der Waals surface area contributed by atoms with E-state index in [1.54, 1.807) is 0 Å². The molecule has 1 aliphatic carbocycles. The van der Waals surface area contributed by atoms with Crippen molar-refractivity contribution in [3.8, 4) is 0 Å². The highest BCUT2D eigenvalue weighted by Gasteiger charge is 2.38. The summed E-state index contributed by atoms with van der Waals surface area (Å²) in [5.74, 6) is 1.99. The second-order valence-electron chi connectivity index (χ2n) is 7.56. The van der Waals surface area contributed by atoms with Crippen LogP contribution in [0.4, 0.5) is 5.82 Å². The summed E-state index contributed by atoms with van der Waals surface area (Å²) in [4.78, 5) is 19.3. The minimum absolute atomic E-state index is 0.0342. The Bertz CT molecular complexity index is 542. The van der Waals surface area contributed by atoms with Gasteiger partial charge in [-0.05, 0) is 50.2 Å². The van der Waals surface area contributed by atoms with Gasteiger partial charge in [-0.3, -0.25) is 4.79 Å². The molecule has 0 bridgehead atoms. The molecular formula is C19H28N4O. The van der Waals surface area contributed by atoms with E-state index in [0.717, 1.165) is 44.1 Å². The Morgan fingerprint density at radius 2 is 2.00 bits per heavy atom. The molecule has 3 heterocycles. The third kappa shape index (κ3) is 3.41. The van der Waals surface area contributed by atoms with Gasteiger partial charge < -0.3 is 15.5 Å². The van der Waals surface area contributed by atoms with Gasteiger partial charge >= 0.3 is 0 Å². The number of hydrogen-bond acceptors (Lipinski definition) is 4. The maximum Gasteiger partial charge on any atom is 0.237 e. The zero-order chi connectivity index (χ0) is 16.4. The van der Waals surface area contributed by atoms with Gasteiger partial charge in [-0.1, -0.05) is 18.9 Å². The number of nitrogens with one attached hydrogen (secondary N) is 2. The summed E-state index contributed by atoms with van der Waals surface area (Å²) < 4.78 is 0. The largest absolute Gasteiger partial charge is 0.356 e. The highest BCUT2D eigenvalue weighted by molar-refractivity contribution is 5.82. The number of carbonyl (C=O) groups is 1. The molecule has 5 nitrogen and oxygen atoms in total. The van der Waals surface area contributed by atoms with Crippen LogP contribution in [0.2, 0.25) is 0 Å². The van der Waals surface area contributed by atoms with E-state index in [1.165, 1.54) is 25.7 Å². The molecule has 2 aliphatic heterocycles. The topological polar surface area (TPSA) is 57.3 Å². The van der Waals surface area contributed by atoms with Crippen molar-refractivity contribution in [3.63, 3.8) is 0 Å². The van der Waals surface area contributed by atoms with Crippen molar-refractivity contribution in [1.29, 1.82) is 0 Å². The number of aromatic nitrogens is 1. The van der Waals surface area contributed by atoms with Crippen molar-refractivity contribution in [3.05, 3.63) is 24.4 Å². The molecule has 3 unspecified atom stereocenters. The normalized spacial score (nSPS) is 30.8. The Labute approximate surface area is 144 Å². The van der Waals surface area contributed by atoms with Crippen LogP contribution in [0.3, 0.4) is 0 Å². The second-order valence-corrected chi connectivity index (χ2v) is 7.56. The molecule has 5 heteroatoms. The standard InChI is InChI=1S/C19H28N4O/c24-19(17-13-14-5-1-2-6-16(14)22-17)21-15-8-11-23(12-9-15)18-7-3-4-10-20-18/h3-4,7,10,14-17,22H,1-2,5-6,8-9,11-13H2,(H,21,24). The van der Waals surface area contributed by atoms with Crippen molar-refractivity contribution in [2.24, 2.45) is 5.92 Å². The average Bonchev–Trinajstić information content (AvgIpc) is 3.07. The maximum absolute atomic E-state index is 12.6. The number of carbonyl (C=O) groups excluding carboxylic acids is 1. The number of amides is 1. The van der Waals surface area contributed by atoms with E-state index < -0.39 is 0 Å². The van der Waals surface area contributed by atoms with E-state index in [9.17, 15) is 4.79 Å². The molecule has 2 N–H and O–H groups in total. The van der Waals surface area contributed by atoms with Crippen molar-refractivity contribution in [1.82, 2.24) is 15.6 Å². The van der Waals surface area contributed by atoms with Gasteiger partial charge in [-0.15, -0.1) is 0 Å². The highest BCUT2D eigenvalue weighted by atomic mass is 16.2. The molecule has 1 aromatic heterocycles. The Kier molecular flexibility index (Phi) is 4.69. The van der Waals surface area contributed by atoms with Gasteiger partial charge in [0.05, 0.1) is 6.04 Å². The highest BCUT2D eigenvalue weighted by Crippen LogP contribution is 2.33. The fraction of sp³-hybridized carbons (Fsp3) is 0.684. The summed E-state index contributed by atoms with van der Waals surface area (Å²) >= 11 is 0. The molecule has 3 atom stereocenters. The maximum atomic E-state index is 12.6. The van der Waals surface area contributed by atoms with Crippen LogP contribution < -0.4 is 15.5 Å². The number of pyridine rings is 1. The van der Waals surface area contributed by atoms with E-state index in [0.29, 0.717) is 12.1 Å². The first-order valence-electron chi connectivity index (χ1n) is 9.52. The lowest BCUT2D eigenvalue weighted by atomic mass is 9.85. The second kappa shape index (κ2) is 7.09. The molecule has 2 saturated heterocycles. The van der Waals surface area contributed by atoms with Crippen molar-refractivity contribution < 1.29 is 4.79 Å². The first kappa shape index (κ1) is 15.9. The summed E-state index contributed by atoms with van der Waals surface area (Å²) in [6, 6.07) is 6.96. The summed E-state index contributed by atoms with van der Waals surface area (Å²) in [7, 11) is 0. The number of rotatable bonds is 3. The van der Waals surface area contributed by atoms with Gasteiger partial charge in [0.2, 0.25) is 5.91 Å². The van der Waals surface area contributed by atoms with Gasteiger partial charge in [-0.25, -0.2) is 4.98 Å². The van der Waals surface area contributed by atoms with Gasteiger partial charge in [0, 0.05) is 31.4 Å². The monoisotopic (exact) mass is 328 g/mol. The summed E-state index contributed by atoms with van der Waals surface area (Å²) in [5, 5.41) is 6.88. The van der Waals surface area contributed by atoms with Crippen LogP contribution in [0.1, 0.15) is 44.9 Å². The molecule has 1 aromatic rings.